The molecule has 2 rings (SSSR count). The van der Waals surface area contributed by atoms with E-state index in [2.05, 4.69) is 15.0 Å². The SMILES string of the molecule is COCCc1c(CN)nnn1C1CCCC1. The van der Waals surface area contributed by atoms with E-state index in [9.17, 15) is 0 Å². The summed E-state index contributed by atoms with van der Waals surface area (Å²) in [5.74, 6) is 0. The fraction of sp³-hybridized carbons (Fsp3) is 0.818. The molecule has 1 aliphatic carbocycles. The van der Waals surface area contributed by atoms with Gasteiger partial charge in [-0.25, -0.2) is 4.68 Å². The highest BCUT2D eigenvalue weighted by Gasteiger charge is 2.22. The van der Waals surface area contributed by atoms with Gasteiger partial charge in [-0.15, -0.1) is 5.10 Å². The van der Waals surface area contributed by atoms with Crippen LogP contribution in [0, 0.1) is 0 Å². The Kier molecular flexibility index (Phi) is 3.90. The molecule has 1 aromatic rings. The molecular formula is C11H20N4O. The lowest BCUT2D eigenvalue weighted by Gasteiger charge is -2.13. The number of methoxy groups -OCH3 is 1. The van der Waals surface area contributed by atoms with Crippen molar-refractivity contribution in [2.75, 3.05) is 13.7 Å². The van der Waals surface area contributed by atoms with Crippen LogP contribution in [0.4, 0.5) is 0 Å². The highest BCUT2D eigenvalue weighted by molar-refractivity contribution is 5.11. The molecule has 0 bridgehead atoms. The van der Waals surface area contributed by atoms with E-state index in [1.807, 2.05) is 0 Å². The summed E-state index contributed by atoms with van der Waals surface area (Å²) in [6.45, 7) is 1.17. The Bertz CT molecular complexity index is 331. The fourth-order valence-corrected chi connectivity index (χ4v) is 2.40. The van der Waals surface area contributed by atoms with Crippen molar-refractivity contribution in [2.24, 2.45) is 5.73 Å². The molecule has 0 radical (unpaired) electrons. The van der Waals surface area contributed by atoms with Gasteiger partial charge in [0.25, 0.3) is 0 Å². The van der Waals surface area contributed by atoms with Gasteiger partial charge in [-0.05, 0) is 12.8 Å². The van der Waals surface area contributed by atoms with Crippen LogP contribution in [0.15, 0.2) is 0 Å². The number of aromatic nitrogens is 3. The highest BCUT2D eigenvalue weighted by atomic mass is 16.5. The molecule has 0 atom stereocenters. The fourth-order valence-electron chi connectivity index (χ4n) is 2.40. The minimum atomic E-state index is 0.464. The van der Waals surface area contributed by atoms with Crippen LogP contribution < -0.4 is 5.73 Å². The van der Waals surface area contributed by atoms with Gasteiger partial charge in [0.2, 0.25) is 0 Å². The summed E-state index contributed by atoms with van der Waals surface area (Å²) in [6.07, 6.45) is 5.88. The van der Waals surface area contributed by atoms with Crippen LogP contribution in [0.2, 0.25) is 0 Å². The molecule has 16 heavy (non-hydrogen) atoms. The second kappa shape index (κ2) is 5.41. The normalized spacial score (nSPS) is 17.1. The summed E-state index contributed by atoms with van der Waals surface area (Å²) >= 11 is 0. The topological polar surface area (TPSA) is 66.0 Å². The van der Waals surface area contributed by atoms with Gasteiger partial charge in [-0.1, -0.05) is 18.1 Å². The number of ether oxygens (including phenoxy) is 1. The zero-order chi connectivity index (χ0) is 11.4. The number of hydrogen-bond acceptors (Lipinski definition) is 4. The Labute approximate surface area is 96.0 Å². The first-order valence-electron chi connectivity index (χ1n) is 5.98. The van der Waals surface area contributed by atoms with Crippen LogP contribution in [0.5, 0.6) is 0 Å². The van der Waals surface area contributed by atoms with E-state index in [1.54, 1.807) is 7.11 Å². The first kappa shape index (κ1) is 11.5. The van der Waals surface area contributed by atoms with Crippen molar-refractivity contribution in [3.8, 4) is 0 Å². The summed E-state index contributed by atoms with van der Waals surface area (Å²) in [5.41, 5.74) is 7.76. The summed E-state index contributed by atoms with van der Waals surface area (Å²) in [7, 11) is 1.71. The van der Waals surface area contributed by atoms with Crippen molar-refractivity contribution < 1.29 is 4.74 Å². The zero-order valence-corrected chi connectivity index (χ0v) is 9.85. The van der Waals surface area contributed by atoms with E-state index >= 15 is 0 Å². The van der Waals surface area contributed by atoms with Crippen LogP contribution in [-0.4, -0.2) is 28.7 Å². The predicted octanol–water partition coefficient (Wildman–Crippen LogP) is 1.04. The van der Waals surface area contributed by atoms with E-state index in [0.29, 0.717) is 19.2 Å². The van der Waals surface area contributed by atoms with Gasteiger partial charge < -0.3 is 10.5 Å². The van der Waals surface area contributed by atoms with Gasteiger partial charge in [-0.2, -0.15) is 0 Å². The smallest absolute Gasteiger partial charge is 0.0995 e. The average molecular weight is 224 g/mol. The number of nitrogens with two attached hydrogens (primary N) is 1. The maximum Gasteiger partial charge on any atom is 0.0995 e. The van der Waals surface area contributed by atoms with Gasteiger partial charge >= 0.3 is 0 Å². The quantitative estimate of drug-likeness (QED) is 0.811. The zero-order valence-electron chi connectivity index (χ0n) is 9.85. The lowest BCUT2D eigenvalue weighted by atomic mass is 10.2. The third-order valence-electron chi connectivity index (χ3n) is 3.28. The molecule has 0 unspecified atom stereocenters. The molecule has 1 aromatic heterocycles. The molecule has 0 amide bonds. The van der Waals surface area contributed by atoms with Crippen LogP contribution in [0.25, 0.3) is 0 Å². The van der Waals surface area contributed by atoms with Crippen molar-refractivity contribution in [1.82, 2.24) is 15.0 Å². The molecule has 1 fully saturated rings. The Hall–Kier alpha value is -0.940. The lowest BCUT2D eigenvalue weighted by molar-refractivity contribution is 0.199. The van der Waals surface area contributed by atoms with E-state index in [4.69, 9.17) is 10.5 Å². The predicted molar refractivity (Wildman–Crippen MR) is 61.0 cm³/mol. The molecule has 2 N–H and O–H groups in total. The standard InChI is InChI=1S/C11H20N4O/c1-16-7-6-11-10(8-12)13-14-15(11)9-4-2-3-5-9/h9H,2-8,12H2,1H3. The monoisotopic (exact) mass is 224 g/mol. The third-order valence-corrected chi connectivity index (χ3v) is 3.28. The van der Waals surface area contributed by atoms with Crippen LogP contribution >= 0.6 is 0 Å². The Morgan fingerprint density at radius 1 is 1.44 bits per heavy atom. The second-order valence-electron chi connectivity index (χ2n) is 4.31. The molecule has 5 nitrogen and oxygen atoms in total. The lowest BCUT2D eigenvalue weighted by Crippen LogP contribution is -2.13. The van der Waals surface area contributed by atoms with Gasteiger partial charge in [0, 0.05) is 20.1 Å². The van der Waals surface area contributed by atoms with Gasteiger partial charge in [0.05, 0.1) is 24.0 Å². The minimum Gasteiger partial charge on any atom is -0.384 e. The van der Waals surface area contributed by atoms with E-state index < -0.39 is 0 Å². The van der Waals surface area contributed by atoms with Crippen molar-refractivity contribution in [3.05, 3.63) is 11.4 Å². The maximum absolute atomic E-state index is 5.68. The van der Waals surface area contributed by atoms with Gasteiger partial charge in [0.15, 0.2) is 0 Å². The molecule has 0 aliphatic heterocycles. The molecule has 1 heterocycles. The maximum atomic E-state index is 5.68. The molecule has 0 aromatic carbocycles. The van der Waals surface area contributed by atoms with E-state index in [1.165, 1.54) is 25.7 Å². The molecular weight excluding hydrogens is 204 g/mol. The minimum absolute atomic E-state index is 0.464. The summed E-state index contributed by atoms with van der Waals surface area (Å²) < 4.78 is 7.20. The highest BCUT2D eigenvalue weighted by Crippen LogP contribution is 2.30. The molecule has 90 valence electrons. The van der Waals surface area contributed by atoms with Crippen molar-refractivity contribution in [2.45, 2.75) is 44.7 Å². The van der Waals surface area contributed by atoms with Crippen molar-refractivity contribution in [1.29, 1.82) is 0 Å². The van der Waals surface area contributed by atoms with Crippen molar-refractivity contribution in [3.63, 3.8) is 0 Å². The van der Waals surface area contributed by atoms with Gasteiger partial charge in [-0.3, -0.25) is 0 Å². The number of rotatable bonds is 5. The Morgan fingerprint density at radius 3 is 2.81 bits per heavy atom. The van der Waals surface area contributed by atoms with Crippen LogP contribution in [-0.2, 0) is 17.7 Å². The van der Waals surface area contributed by atoms with E-state index in [0.717, 1.165) is 17.8 Å². The molecule has 0 saturated heterocycles. The second-order valence-corrected chi connectivity index (χ2v) is 4.31. The Morgan fingerprint density at radius 2 is 2.19 bits per heavy atom. The first-order chi connectivity index (χ1) is 7.86. The summed E-state index contributed by atoms with van der Waals surface area (Å²) in [5, 5.41) is 8.42. The van der Waals surface area contributed by atoms with E-state index in [-0.39, 0.29) is 0 Å². The van der Waals surface area contributed by atoms with Gasteiger partial charge in [0.1, 0.15) is 0 Å². The summed E-state index contributed by atoms with van der Waals surface area (Å²) in [6, 6.07) is 0.527. The third kappa shape index (κ3) is 2.25. The average Bonchev–Trinajstić information content (AvgIpc) is 2.94. The molecule has 1 aliphatic rings. The number of nitrogens with zero attached hydrogens (tertiary/aromatic N) is 3. The Balaban J connectivity index is 2.18. The van der Waals surface area contributed by atoms with Crippen LogP contribution in [0.1, 0.15) is 43.1 Å². The largest absolute Gasteiger partial charge is 0.384 e. The number of hydrogen-bond donors (Lipinski definition) is 1. The van der Waals surface area contributed by atoms with Crippen LogP contribution in [0.3, 0.4) is 0 Å². The first-order valence-corrected chi connectivity index (χ1v) is 5.98. The molecule has 0 spiro atoms. The van der Waals surface area contributed by atoms with Crippen molar-refractivity contribution >= 4 is 0 Å². The molecule has 5 heteroatoms. The summed E-state index contributed by atoms with van der Waals surface area (Å²) in [4.78, 5) is 0. The molecule has 1 saturated carbocycles.